The predicted octanol–water partition coefficient (Wildman–Crippen LogP) is -0.805. The number of rotatable bonds is 8. The molecule has 1 aromatic carbocycles. The van der Waals surface area contributed by atoms with Crippen molar-refractivity contribution in [3.63, 3.8) is 0 Å². The van der Waals surface area contributed by atoms with Crippen LogP contribution in [-0.2, 0) is 19.4 Å². The zero-order valence-corrected chi connectivity index (χ0v) is 16.1. The molecule has 0 fully saturated rings. The van der Waals surface area contributed by atoms with Crippen LogP contribution >= 0.6 is 0 Å². The lowest BCUT2D eigenvalue weighted by molar-refractivity contribution is -0.146. The SMILES string of the molecule is CCOC(=O)[C@@](C)(CCN(C)C(=O)c1ccc(B(O)O)cc1)S(C)(=O)=O. The summed E-state index contributed by atoms with van der Waals surface area (Å²) in [5.74, 6) is -1.23. The van der Waals surface area contributed by atoms with E-state index in [-0.39, 0.29) is 30.9 Å². The second-order valence-corrected chi connectivity index (χ2v) is 8.64. The van der Waals surface area contributed by atoms with Gasteiger partial charge in [-0.2, -0.15) is 0 Å². The molecule has 1 atom stereocenters. The number of hydrogen-bond donors (Lipinski definition) is 2. The molecular weight excluding hydrogens is 361 g/mol. The molecule has 26 heavy (non-hydrogen) atoms. The molecule has 0 radical (unpaired) electrons. The predicted molar refractivity (Wildman–Crippen MR) is 97.7 cm³/mol. The third-order valence-electron chi connectivity index (χ3n) is 4.25. The van der Waals surface area contributed by atoms with Crippen LogP contribution in [0.25, 0.3) is 0 Å². The third-order valence-corrected chi connectivity index (χ3v) is 6.26. The lowest BCUT2D eigenvalue weighted by atomic mass is 9.80. The van der Waals surface area contributed by atoms with E-state index in [4.69, 9.17) is 14.8 Å². The molecule has 1 amide bonds. The quantitative estimate of drug-likeness (QED) is 0.444. The van der Waals surface area contributed by atoms with Crippen LogP contribution in [0.1, 0.15) is 30.6 Å². The standard InChI is InChI=1S/C16H24BNO7S/c1-5-25-15(20)16(2,26(4,23)24)10-11-18(3)14(19)12-6-8-13(9-7-12)17(21)22/h6-9,21-22H,5,10-11H2,1-4H3/t16-/m1/s1. The number of carbonyl (C=O) groups excluding carboxylic acids is 2. The van der Waals surface area contributed by atoms with Gasteiger partial charge in [-0.3, -0.25) is 9.59 Å². The monoisotopic (exact) mass is 385 g/mol. The summed E-state index contributed by atoms with van der Waals surface area (Å²) < 4.78 is 27.3. The van der Waals surface area contributed by atoms with Gasteiger partial charge < -0.3 is 19.7 Å². The largest absolute Gasteiger partial charge is 0.488 e. The second-order valence-electron chi connectivity index (χ2n) is 6.20. The van der Waals surface area contributed by atoms with E-state index in [0.717, 1.165) is 6.26 Å². The Labute approximate surface area is 153 Å². The van der Waals surface area contributed by atoms with E-state index in [2.05, 4.69) is 0 Å². The van der Waals surface area contributed by atoms with Crippen molar-refractivity contribution in [3.05, 3.63) is 29.8 Å². The number of nitrogens with zero attached hydrogens (tertiary/aromatic N) is 1. The Balaban J connectivity index is 2.89. The molecule has 0 heterocycles. The maximum atomic E-state index is 12.4. The highest BCUT2D eigenvalue weighted by Gasteiger charge is 2.45. The van der Waals surface area contributed by atoms with E-state index >= 15 is 0 Å². The molecule has 144 valence electrons. The Morgan fingerprint density at radius 3 is 2.19 bits per heavy atom. The first-order valence-corrected chi connectivity index (χ1v) is 9.91. The van der Waals surface area contributed by atoms with Gasteiger partial charge in [0.15, 0.2) is 14.6 Å². The average molecular weight is 385 g/mol. The van der Waals surface area contributed by atoms with Gasteiger partial charge >= 0.3 is 13.1 Å². The van der Waals surface area contributed by atoms with Gasteiger partial charge in [0.2, 0.25) is 0 Å². The summed E-state index contributed by atoms with van der Waals surface area (Å²) in [5, 5.41) is 18.1. The molecule has 10 heteroatoms. The van der Waals surface area contributed by atoms with Gasteiger partial charge in [0.1, 0.15) is 0 Å². The van der Waals surface area contributed by atoms with Gasteiger partial charge in [-0.25, -0.2) is 8.42 Å². The molecule has 0 aliphatic heterocycles. The lowest BCUT2D eigenvalue weighted by Crippen LogP contribution is -2.47. The van der Waals surface area contributed by atoms with Crippen LogP contribution in [0.2, 0.25) is 0 Å². The Kier molecular flexibility index (Phi) is 7.37. The first-order chi connectivity index (χ1) is 11.9. The Morgan fingerprint density at radius 2 is 1.77 bits per heavy atom. The fourth-order valence-corrected chi connectivity index (χ4v) is 3.05. The lowest BCUT2D eigenvalue weighted by Gasteiger charge is -2.27. The summed E-state index contributed by atoms with van der Waals surface area (Å²) in [7, 11) is -3.89. The highest BCUT2D eigenvalue weighted by molar-refractivity contribution is 7.92. The van der Waals surface area contributed by atoms with Crippen molar-refractivity contribution in [3.8, 4) is 0 Å². The average Bonchev–Trinajstić information content (AvgIpc) is 2.57. The minimum Gasteiger partial charge on any atom is -0.465 e. The van der Waals surface area contributed by atoms with E-state index in [1.807, 2.05) is 0 Å². The fourth-order valence-electron chi connectivity index (χ4n) is 2.22. The second kappa shape index (κ2) is 8.65. The molecule has 1 rings (SSSR count). The molecular formula is C16H24BNO7S. The number of sulfone groups is 1. The van der Waals surface area contributed by atoms with Gasteiger partial charge in [0, 0.05) is 25.4 Å². The summed E-state index contributed by atoms with van der Waals surface area (Å²) in [6.45, 7) is 2.95. The van der Waals surface area contributed by atoms with Crippen LogP contribution in [0.3, 0.4) is 0 Å². The normalized spacial score (nSPS) is 13.6. The molecule has 8 nitrogen and oxygen atoms in total. The molecule has 0 aliphatic carbocycles. The number of carbonyl (C=O) groups is 2. The molecule has 0 spiro atoms. The third kappa shape index (κ3) is 5.06. The number of hydrogen-bond acceptors (Lipinski definition) is 7. The van der Waals surface area contributed by atoms with Gasteiger partial charge in [0.05, 0.1) is 6.61 Å². The molecule has 0 unspecified atom stereocenters. The van der Waals surface area contributed by atoms with Crippen molar-refractivity contribution < 1.29 is 32.8 Å². The van der Waals surface area contributed by atoms with E-state index in [1.165, 1.54) is 43.1 Å². The van der Waals surface area contributed by atoms with Crippen LogP contribution in [0.5, 0.6) is 0 Å². The van der Waals surface area contributed by atoms with E-state index in [0.29, 0.717) is 5.56 Å². The number of benzene rings is 1. The van der Waals surface area contributed by atoms with Gasteiger partial charge in [-0.15, -0.1) is 0 Å². The highest BCUT2D eigenvalue weighted by atomic mass is 32.2. The van der Waals surface area contributed by atoms with Crippen molar-refractivity contribution in [1.82, 2.24) is 4.90 Å². The van der Waals surface area contributed by atoms with E-state index in [9.17, 15) is 18.0 Å². The molecule has 0 bridgehead atoms. The van der Waals surface area contributed by atoms with Crippen LogP contribution in [0, 0.1) is 0 Å². The van der Waals surface area contributed by atoms with Crippen LogP contribution in [0.4, 0.5) is 0 Å². The topological polar surface area (TPSA) is 121 Å². The first-order valence-electron chi connectivity index (χ1n) is 8.02. The van der Waals surface area contributed by atoms with Gasteiger partial charge in [0.25, 0.3) is 5.91 Å². The van der Waals surface area contributed by atoms with E-state index in [1.54, 1.807) is 6.92 Å². The first kappa shape index (κ1) is 22.1. The zero-order valence-electron chi connectivity index (χ0n) is 15.3. The van der Waals surface area contributed by atoms with E-state index < -0.39 is 27.7 Å². The zero-order chi connectivity index (χ0) is 20.1. The Hall–Kier alpha value is -1.91. The summed E-state index contributed by atoms with van der Waals surface area (Å²) in [4.78, 5) is 25.8. The molecule has 0 aliphatic rings. The van der Waals surface area contributed by atoms with Crippen molar-refractivity contribution in [2.45, 2.75) is 25.0 Å². The summed E-state index contributed by atoms with van der Waals surface area (Å²) in [6.07, 6.45) is 0.852. The molecule has 2 N–H and O–H groups in total. The maximum Gasteiger partial charge on any atom is 0.488 e. The molecule has 0 aromatic heterocycles. The smallest absolute Gasteiger partial charge is 0.465 e. The number of ether oxygens (including phenoxy) is 1. The van der Waals surface area contributed by atoms with Crippen LogP contribution in [-0.4, -0.2) is 73.6 Å². The molecule has 0 saturated carbocycles. The fraction of sp³-hybridized carbons (Fsp3) is 0.500. The number of amides is 1. The number of esters is 1. The van der Waals surface area contributed by atoms with Gasteiger partial charge in [-0.05, 0) is 37.9 Å². The minimum atomic E-state index is -3.76. The van der Waals surface area contributed by atoms with Crippen molar-refractivity contribution >= 4 is 34.3 Å². The molecule has 0 saturated heterocycles. The Morgan fingerprint density at radius 1 is 1.23 bits per heavy atom. The van der Waals surface area contributed by atoms with Crippen molar-refractivity contribution in [1.29, 1.82) is 0 Å². The molecule has 1 aromatic rings. The summed E-state index contributed by atoms with van der Waals surface area (Å²) in [6, 6.07) is 5.69. The van der Waals surface area contributed by atoms with Crippen molar-refractivity contribution in [2.24, 2.45) is 0 Å². The Bertz CT molecular complexity index is 748. The highest BCUT2D eigenvalue weighted by Crippen LogP contribution is 2.23. The van der Waals surface area contributed by atoms with Crippen LogP contribution < -0.4 is 5.46 Å². The van der Waals surface area contributed by atoms with Crippen molar-refractivity contribution in [2.75, 3.05) is 26.5 Å². The minimum absolute atomic E-state index is 0.0194. The maximum absolute atomic E-state index is 12.4. The summed E-state index contributed by atoms with van der Waals surface area (Å²) >= 11 is 0. The summed E-state index contributed by atoms with van der Waals surface area (Å²) in [5.41, 5.74) is 0.547. The van der Waals surface area contributed by atoms with Crippen LogP contribution in [0.15, 0.2) is 24.3 Å². The van der Waals surface area contributed by atoms with Gasteiger partial charge in [-0.1, -0.05) is 12.1 Å².